The van der Waals surface area contributed by atoms with E-state index < -0.39 is 0 Å². The molecule has 0 radical (unpaired) electrons. The maximum absolute atomic E-state index is 11.7. The summed E-state index contributed by atoms with van der Waals surface area (Å²) in [7, 11) is 0. The number of amides is 1. The van der Waals surface area contributed by atoms with E-state index in [2.05, 4.69) is 5.32 Å². The van der Waals surface area contributed by atoms with Gasteiger partial charge in [0, 0.05) is 6.54 Å². The van der Waals surface area contributed by atoms with E-state index in [9.17, 15) is 9.90 Å². The van der Waals surface area contributed by atoms with Crippen LogP contribution in [0.4, 0.5) is 0 Å². The number of nitrogens with one attached hydrogen (secondary N) is 1. The summed E-state index contributed by atoms with van der Waals surface area (Å²) in [5.74, 6) is 0.798. The lowest BCUT2D eigenvalue weighted by Gasteiger charge is -2.10. The first-order valence-electron chi connectivity index (χ1n) is 4.81. The Morgan fingerprint density at radius 2 is 2.36 bits per heavy atom. The van der Waals surface area contributed by atoms with Gasteiger partial charge in [0.25, 0.3) is 0 Å². The van der Waals surface area contributed by atoms with E-state index in [0.717, 1.165) is 18.5 Å². The fourth-order valence-corrected chi connectivity index (χ4v) is 2.50. The van der Waals surface area contributed by atoms with Crippen LogP contribution in [0.25, 0.3) is 0 Å². The number of phenols is 1. The summed E-state index contributed by atoms with van der Waals surface area (Å²) in [6, 6.07) is 7.04. The molecule has 3 heteroatoms. The molecule has 1 aromatic rings. The fraction of sp³-hybridized carbons (Fsp3) is 0.364. The molecular weight excluding hydrogens is 178 g/mol. The average molecular weight is 189 g/mol. The van der Waals surface area contributed by atoms with Crippen LogP contribution in [0.15, 0.2) is 24.3 Å². The first kappa shape index (κ1) is 7.85. The minimum atomic E-state index is -0.307. The van der Waals surface area contributed by atoms with Crippen molar-refractivity contribution in [1.29, 1.82) is 0 Å². The molecule has 3 nitrogen and oxygen atoms in total. The fourth-order valence-electron chi connectivity index (χ4n) is 2.50. The summed E-state index contributed by atoms with van der Waals surface area (Å²) in [5, 5.41) is 12.2. The van der Waals surface area contributed by atoms with Crippen LogP contribution >= 0.6 is 0 Å². The van der Waals surface area contributed by atoms with E-state index in [1.54, 1.807) is 18.2 Å². The Kier molecular flexibility index (Phi) is 1.29. The molecule has 0 bridgehead atoms. The minimum absolute atomic E-state index is 0.119. The number of carbonyl (C=O) groups excluding carboxylic acids is 1. The number of carbonyl (C=O) groups is 1. The van der Waals surface area contributed by atoms with Crippen LogP contribution in [0.2, 0.25) is 0 Å². The molecule has 14 heavy (non-hydrogen) atoms. The quantitative estimate of drug-likeness (QED) is 0.685. The predicted octanol–water partition coefficient (Wildman–Crippen LogP) is 0.780. The molecule has 1 saturated heterocycles. The summed E-state index contributed by atoms with van der Waals surface area (Å²) in [5.41, 5.74) is 0.649. The number of aromatic hydroxyl groups is 1. The molecule has 1 aromatic carbocycles. The van der Waals surface area contributed by atoms with Gasteiger partial charge in [0.15, 0.2) is 0 Å². The van der Waals surface area contributed by atoms with E-state index in [4.69, 9.17) is 0 Å². The number of hydrogen-bond donors (Lipinski definition) is 2. The molecule has 1 aliphatic heterocycles. The van der Waals surface area contributed by atoms with Crippen LogP contribution in [0, 0.1) is 5.92 Å². The number of phenolic OH excluding ortho intramolecular Hbond substituents is 1. The van der Waals surface area contributed by atoms with Crippen molar-refractivity contribution in [3.8, 4) is 5.75 Å². The molecule has 1 heterocycles. The highest BCUT2D eigenvalue weighted by molar-refractivity contribution is 5.94. The largest absolute Gasteiger partial charge is 0.508 e. The van der Waals surface area contributed by atoms with E-state index >= 15 is 0 Å². The molecule has 2 fully saturated rings. The summed E-state index contributed by atoms with van der Waals surface area (Å²) in [6.07, 6.45) is 0.933. The highest BCUT2D eigenvalue weighted by Crippen LogP contribution is 2.57. The Hall–Kier alpha value is -1.51. The summed E-state index contributed by atoms with van der Waals surface area (Å²) >= 11 is 0. The number of fused-ring (bicyclic) bond motifs is 1. The molecule has 1 amide bonds. The maximum Gasteiger partial charge on any atom is 0.231 e. The number of benzene rings is 1. The second kappa shape index (κ2) is 2.29. The highest BCUT2D eigenvalue weighted by atomic mass is 16.3. The summed E-state index contributed by atoms with van der Waals surface area (Å²) in [6.45, 7) is 0.786. The number of rotatable bonds is 1. The van der Waals surface area contributed by atoms with Crippen LogP contribution in [0.3, 0.4) is 0 Å². The van der Waals surface area contributed by atoms with Gasteiger partial charge in [0.1, 0.15) is 5.75 Å². The van der Waals surface area contributed by atoms with Crippen molar-refractivity contribution in [2.45, 2.75) is 11.8 Å². The van der Waals surface area contributed by atoms with Crippen LogP contribution in [0.5, 0.6) is 5.75 Å². The van der Waals surface area contributed by atoms with Gasteiger partial charge < -0.3 is 10.4 Å². The summed E-state index contributed by atoms with van der Waals surface area (Å²) in [4.78, 5) is 11.7. The first-order valence-corrected chi connectivity index (χ1v) is 4.81. The molecule has 2 aliphatic rings. The zero-order chi connectivity index (χ0) is 9.76. The normalized spacial score (nSPS) is 33.7. The molecule has 72 valence electrons. The van der Waals surface area contributed by atoms with Gasteiger partial charge in [-0.05, 0) is 30.0 Å². The van der Waals surface area contributed by atoms with Crippen LogP contribution in [-0.2, 0) is 10.2 Å². The van der Waals surface area contributed by atoms with E-state index in [-0.39, 0.29) is 17.1 Å². The van der Waals surface area contributed by atoms with Crippen LogP contribution in [0.1, 0.15) is 12.0 Å². The second-order valence-electron chi connectivity index (χ2n) is 4.13. The molecular formula is C11H11NO2. The molecule has 0 aromatic heterocycles. The average Bonchev–Trinajstić information content (AvgIpc) is 2.83. The van der Waals surface area contributed by atoms with Crippen molar-refractivity contribution in [3.63, 3.8) is 0 Å². The zero-order valence-corrected chi connectivity index (χ0v) is 7.66. The Labute approximate surface area is 81.8 Å². The standard InChI is InChI=1S/C11H11NO2/c13-9-3-1-2-7(4-9)11-5-8(11)6-12-10(11)14/h1-4,8,13H,5-6H2,(H,12,14). The Morgan fingerprint density at radius 3 is 2.93 bits per heavy atom. The third kappa shape index (κ3) is 0.794. The SMILES string of the molecule is O=C1NCC2CC12c1cccc(O)c1. The lowest BCUT2D eigenvalue weighted by atomic mass is 9.94. The molecule has 1 aliphatic carbocycles. The van der Waals surface area contributed by atoms with Crippen molar-refractivity contribution in [2.75, 3.05) is 6.54 Å². The molecule has 0 spiro atoms. The third-order valence-electron chi connectivity index (χ3n) is 3.38. The Morgan fingerprint density at radius 1 is 1.50 bits per heavy atom. The van der Waals surface area contributed by atoms with Crippen molar-refractivity contribution < 1.29 is 9.90 Å². The van der Waals surface area contributed by atoms with Crippen molar-refractivity contribution in [3.05, 3.63) is 29.8 Å². The van der Waals surface area contributed by atoms with Crippen LogP contribution < -0.4 is 5.32 Å². The molecule has 2 atom stereocenters. The Bertz CT molecular complexity index is 416. The van der Waals surface area contributed by atoms with E-state index in [1.807, 2.05) is 6.07 Å². The lowest BCUT2D eigenvalue weighted by Crippen LogP contribution is -2.27. The minimum Gasteiger partial charge on any atom is -0.508 e. The van der Waals surface area contributed by atoms with Crippen molar-refractivity contribution >= 4 is 5.91 Å². The van der Waals surface area contributed by atoms with Gasteiger partial charge in [-0.25, -0.2) is 0 Å². The van der Waals surface area contributed by atoms with Gasteiger partial charge >= 0.3 is 0 Å². The third-order valence-corrected chi connectivity index (χ3v) is 3.38. The van der Waals surface area contributed by atoms with Crippen LogP contribution in [-0.4, -0.2) is 17.6 Å². The summed E-state index contributed by atoms with van der Waals surface area (Å²) < 4.78 is 0. The zero-order valence-electron chi connectivity index (χ0n) is 7.66. The topological polar surface area (TPSA) is 49.3 Å². The van der Waals surface area contributed by atoms with Gasteiger partial charge in [0.05, 0.1) is 5.41 Å². The van der Waals surface area contributed by atoms with Gasteiger partial charge in [0.2, 0.25) is 5.91 Å². The maximum atomic E-state index is 11.7. The monoisotopic (exact) mass is 189 g/mol. The van der Waals surface area contributed by atoms with E-state index in [1.165, 1.54) is 0 Å². The van der Waals surface area contributed by atoms with Gasteiger partial charge in [-0.3, -0.25) is 4.79 Å². The van der Waals surface area contributed by atoms with Gasteiger partial charge in [-0.1, -0.05) is 12.1 Å². The second-order valence-corrected chi connectivity index (χ2v) is 4.13. The highest BCUT2D eigenvalue weighted by Gasteiger charge is 2.64. The van der Waals surface area contributed by atoms with Gasteiger partial charge in [-0.15, -0.1) is 0 Å². The first-order chi connectivity index (χ1) is 6.73. The number of hydrogen-bond acceptors (Lipinski definition) is 2. The van der Waals surface area contributed by atoms with E-state index in [0.29, 0.717) is 5.92 Å². The molecule has 2 N–H and O–H groups in total. The van der Waals surface area contributed by atoms with Crippen molar-refractivity contribution in [1.82, 2.24) is 5.32 Å². The predicted molar refractivity (Wildman–Crippen MR) is 50.9 cm³/mol. The smallest absolute Gasteiger partial charge is 0.231 e. The number of piperidine rings is 1. The molecule has 1 saturated carbocycles. The van der Waals surface area contributed by atoms with Crippen molar-refractivity contribution in [2.24, 2.45) is 5.92 Å². The lowest BCUT2D eigenvalue weighted by molar-refractivity contribution is -0.122. The Balaban J connectivity index is 2.08. The molecule has 3 rings (SSSR count). The van der Waals surface area contributed by atoms with Gasteiger partial charge in [-0.2, -0.15) is 0 Å². The molecule has 2 unspecified atom stereocenters.